The number of hydrogen-bond acceptors (Lipinski definition) is 3. The van der Waals surface area contributed by atoms with Crippen molar-refractivity contribution in [3.05, 3.63) is 11.6 Å². The molecule has 0 aromatic heterocycles. The van der Waals surface area contributed by atoms with Crippen LogP contribution in [-0.2, 0) is 4.74 Å². The van der Waals surface area contributed by atoms with E-state index in [-0.39, 0.29) is 0 Å². The second-order valence-corrected chi connectivity index (χ2v) is 5.36. The van der Waals surface area contributed by atoms with Crippen molar-refractivity contribution in [2.75, 3.05) is 39.4 Å². The van der Waals surface area contributed by atoms with E-state index in [0.29, 0.717) is 0 Å². The van der Waals surface area contributed by atoms with Gasteiger partial charge >= 0.3 is 0 Å². The van der Waals surface area contributed by atoms with E-state index in [0.717, 1.165) is 38.1 Å². The van der Waals surface area contributed by atoms with Crippen LogP contribution < -0.4 is 5.32 Å². The fraction of sp³-hybridized carbons (Fsp3) is 0.846. The molecule has 2 fully saturated rings. The Morgan fingerprint density at radius 3 is 3.25 bits per heavy atom. The number of rotatable bonds is 2. The highest BCUT2D eigenvalue weighted by molar-refractivity contribution is 5.08. The second-order valence-electron chi connectivity index (χ2n) is 5.36. The van der Waals surface area contributed by atoms with Crippen LogP contribution in [0, 0.1) is 5.92 Å². The Kier molecular flexibility index (Phi) is 3.27. The summed E-state index contributed by atoms with van der Waals surface area (Å²) >= 11 is 0. The average molecular weight is 222 g/mol. The molecule has 0 aromatic carbocycles. The molecule has 0 unspecified atom stereocenters. The normalized spacial score (nSPS) is 35.9. The highest BCUT2D eigenvalue weighted by Crippen LogP contribution is 2.25. The first-order valence-electron chi connectivity index (χ1n) is 6.63. The third kappa shape index (κ3) is 2.31. The predicted molar refractivity (Wildman–Crippen MR) is 64.5 cm³/mol. The fourth-order valence-electron chi connectivity index (χ4n) is 3.27. The zero-order valence-electron chi connectivity index (χ0n) is 9.95. The number of fused-ring (bicyclic) bond motifs is 1. The van der Waals surface area contributed by atoms with Crippen LogP contribution in [0.2, 0.25) is 0 Å². The van der Waals surface area contributed by atoms with Crippen molar-refractivity contribution < 1.29 is 4.74 Å². The van der Waals surface area contributed by atoms with Gasteiger partial charge in [0.2, 0.25) is 0 Å². The molecule has 1 N–H and O–H groups in total. The molecule has 3 rings (SSSR count). The topological polar surface area (TPSA) is 24.5 Å². The van der Waals surface area contributed by atoms with E-state index >= 15 is 0 Å². The molecule has 3 nitrogen and oxygen atoms in total. The Bertz CT molecular complexity index is 263. The summed E-state index contributed by atoms with van der Waals surface area (Å²) < 4.78 is 5.50. The van der Waals surface area contributed by atoms with Gasteiger partial charge in [-0.25, -0.2) is 0 Å². The molecule has 3 aliphatic rings. The van der Waals surface area contributed by atoms with Crippen LogP contribution in [0.3, 0.4) is 0 Å². The van der Waals surface area contributed by atoms with Gasteiger partial charge < -0.3 is 10.1 Å². The number of nitrogens with one attached hydrogen (secondary N) is 1. The summed E-state index contributed by atoms with van der Waals surface area (Å²) in [5.41, 5.74) is 1.49. The van der Waals surface area contributed by atoms with Gasteiger partial charge in [-0.2, -0.15) is 0 Å². The van der Waals surface area contributed by atoms with E-state index in [1.54, 1.807) is 0 Å². The predicted octanol–water partition coefficient (Wildman–Crippen LogP) is 1.02. The highest BCUT2D eigenvalue weighted by atomic mass is 16.5. The van der Waals surface area contributed by atoms with Crippen molar-refractivity contribution in [2.45, 2.75) is 25.3 Å². The third-order valence-corrected chi connectivity index (χ3v) is 4.08. The van der Waals surface area contributed by atoms with Gasteiger partial charge in [-0.15, -0.1) is 0 Å². The summed E-state index contributed by atoms with van der Waals surface area (Å²) in [6, 6.07) is 0.763. The minimum atomic E-state index is 0.763. The smallest absolute Gasteiger partial charge is 0.0689 e. The first kappa shape index (κ1) is 10.8. The van der Waals surface area contributed by atoms with Gasteiger partial charge in [0.1, 0.15) is 0 Å². The van der Waals surface area contributed by atoms with E-state index in [1.165, 1.54) is 38.0 Å². The molecule has 0 aliphatic carbocycles. The lowest BCUT2D eigenvalue weighted by molar-refractivity contribution is 0.143. The van der Waals surface area contributed by atoms with Crippen molar-refractivity contribution in [3.63, 3.8) is 0 Å². The summed E-state index contributed by atoms with van der Waals surface area (Å²) in [5.74, 6) is 0.902. The quantitative estimate of drug-likeness (QED) is 0.706. The molecule has 3 aliphatic heterocycles. The molecular weight excluding hydrogens is 200 g/mol. The Labute approximate surface area is 97.8 Å². The van der Waals surface area contributed by atoms with Gasteiger partial charge in [-0.3, -0.25) is 4.90 Å². The average Bonchev–Trinajstić information content (AvgIpc) is 2.72. The van der Waals surface area contributed by atoms with E-state index in [2.05, 4.69) is 16.3 Å². The van der Waals surface area contributed by atoms with E-state index in [4.69, 9.17) is 4.74 Å². The summed E-state index contributed by atoms with van der Waals surface area (Å²) in [5, 5.41) is 3.66. The zero-order chi connectivity index (χ0) is 10.8. The van der Waals surface area contributed by atoms with Crippen LogP contribution in [-0.4, -0.2) is 50.3 Å². The lowest BCUT2D eigenvalue weighted by atomic mass is 9.94. The van der Waals surface area contributed by atoms with Gasteiger partial charge in [-0.1, -0.05) is 6.08 Å². The monoisotopic (exact) mass is 222 g/mol. The van der Waals surface area contributed by atoms with Crippen LogP contribution in [0.1, 0.15) is 19.3 Å². The lowest BCUT2D eigenvalue weighted by Crippen LogP contribution is -2.40. The van der Waals surface area contributed by atoms with Gasteiger partial charge in [-0.05, 0) is 37.3 Å². The molecule has 2 atom stereocenters. The Balaban J connectivity index is 1.54. The number of likely N-dealkylation sites (tertiary alicyclic amines) is 1. The summed E-state index contributed by atoms with van der Waals surface area (Å²) in [4.78, 5) is 2.61. The minimum absolute atomic E-state index is 0.763. The van der Waals surface area contributed by atoms with Crippen LogP contribution >= 0.6 is 0 Å². The summed E-state index contributed by atoms with van der Waals surface area (Å²) in [7, 11) is 0. The maximum Gasteiger partial charge on any atom is 0.0689 e. The molecule has 2 saturated heterocycles. The third-order valence-electron chi connectivity index (χ3n) is 4.08. The number of hydrogen-bond donors (Lipinski definition) is 1. The van der Waals surface area contributed by atoms with Crippen LogP contribution in [0.5, 0.6) is 0 Å². The molecule has 0 spiro atoms. The van der Waals surface area contributed by atoms with E-state index < -0.39 is 0 Å². The van der Waals surface area contributed by atoms with Gasteiger partial charge in [0, 0.05) is 25.7 Å². The Morgan fingerprint density at radius 1 is 1.44 bits per heavy atom. The maximum absolute atomic E-state index is 5.50. The molecule has 3 heterocycles. The first-order valence-corrected chi connectivity index (χ1v) is 6.63. The van der Waals surface area contributed by atoms with Crippen molar-refractivity contribution in [2.24, 2.45) is 5.92 Å². The first-order chi connectivity index (χ1) is 7.92. The van der Waals surface area contributed by atoms with Gasteiger partial charge in [0.25, 0.3) is 0 Å². The van der Waals surface area contributed by atoms with Crippen LogP contribution in [0.25, 0.3) is 0 Å². The largest absolute Gasteiger partial charge is 0.377 e. The van der Waals surface area contributed by atoms with Crippen LogP contribution in [0.4, 0.5) is 0 Å². The molecular formula is C13H22N2O. The maximum atomic E-state index is 5.50. The van der Waals surface area contributed by atoms with E-state index in [1.807, 2.05) is 0 Å². The molecule has 16 heavy (non-hydrogen) atoms. The lowest BCUT2D eigenvalue weighted by Gasteiger charge is -2.24. The molecule has 0 saturated carbocycles. The second kappa shape index (κ2) is 4.86. The van der Waals surface area contributed by atoms with Crippen molar-refractivity contribution in [3.8, 4) is 0 Å². The van der Waals surface area contributed by atoms with Crippen molar-refractivity contribution in [1.29, 1.82) is 0 Å². The zero-order valence-corrected chi connectivity index (χ0v) is 9.95. The molecule has 0 aromatic rings. The highest BCUT2D eigenvalue weighted by Gasteiger charge is 2.34. The standard InChI is InChI=1S/C13H22N2O/c1-4-12-8-15(9-13(12)14-5-1)7-11-3-2-6-16-10-11/h3,12-14H,1-2,4-10H2/t12-,13+/m0/s1. The molecule has 0 radical (unpaired) electrons. The fourth-order valence-corrected chi connectivity index (χ4v) is 3.27. The molecule has 0 amide bonds. The minimum Gasteiger partial charge on any atom is -0.377 e. The SMILES string of the molecule is C1=C(CN2C[C@@H]3CCCN[C@@H]3C2)COCC1. The number of ether oxygens (including phenoxy) is 1. The number of nitrogens with zero attached hydrogens (tertiary/aromatic N) is 1. The Morgan fingerprint density at radius 2 is 2.44 bits per heavy atom. The summed E-state index contributed by atoms with van der Waals surface area (Å²) in [6.07, 6.45) is 6.26. The number of piperidine rings is 1. The molecule has 90 valence electrons. The molecule has 0 bridgehead atoms. The van der Waals surface area contributed by atoms with E-state index in [9.17, 15) is 0 Å². The molecule has 3 heteroatoms. The van der Waals surface area contributed by atoms with Crippen molar-refractivity contribution >= 4 is 0 Å². The van der Waals surface area contributed by atoms with Gasteiger partial charge in [0.05, 0.1) is 13.2 Å². The van der Waals surface area contributed by atoms with Crippen LogP contribution in [0.15, 0.2) is 11.6 Å². The van der Waals surface area contributed by atoms with Gasteiger partial charge in [0.15, 0.2) is 0 Å². The van der Waals surface area contributed by atoms with Crippen molar-refractivity contribution in [1.82, 2.24) is 10.2 Å². The Hall–Kier alpha value is -0.380. The summed E-state index contributed by atoms with van der Waals surface area (Å²) in [6.45, 7) is 6.65.